The van der Waals surface area contributed by atoms with Crippen LogP contribution in [0, 0.1) is 17.7 Å². The Hall–Kier alpha value is -2.77. The summed E-state index contributed by atoms with van der Waals surface area (Å²) in [6.07, 6.45) is 2.17. The van der Waals surface area contributed by atoms with E-state index in [0.29, 0.717) is 5.56 Å². The Kier molecular flexibility index (Phi) is 6.61. The Bertz CT molecular complexity index is 771. The SMILES string of the molecule is C[C@H](OC(=O)CCN1C(=O)[C@H]2CCCC[C@H]2C1=O)C(=O)NCc1ccc(F)cc1. The molecule has 8 heteroatoms. The van der Waals surface area contributed by atoms with Crippen molar-refractivity contribution in [1.29, 1.82) is 0 Å². The van der Waals surface area contributed by atoms with E-state index in [-0.39, 0.29) is 49.0 Å². The van der Waals surface area contributed by atoms with Crippen LogP contribution >= 0.6 is 0 Å². The van der Waals surface area contributed by atoms with Crippen molar-refractivity contribution in [2.45, 2.75) is 51.7 Å². The van der Waals surface area contributed by atoms with Crippen molar-refractivity contribution >= 4 is 23.7 Å². The molecule has 0 unspecified atom stereocenters. The summed E-state index contributed by atoms with van der Waals surface area (Å²) in [4.78, 5) is 50.1. The second-order valence-electron chi connectivity index (χ2n) is 7.55. The molecule has 0 bridgehead atoms. The maximum absolute atomic E-state index is 12.9. The third kappa shape index (κ3) is 4.99. The number of ether oxygens (including phenoxy) is 1. The average Bonchev–Trinajstić information content (AvgIpc) is 2.96. The number of amides is 3. The zero-order valence-electron chi connectivity index (χ0n) is 16.4. The van der Waals surface area contributed by atoms with Crippen molar-refractivity contribution in [3.8, 4) is 0 Å². The Labute approximate surface area is 168 Å². The van der Waals surface area contributed by atoms with Gasteiger partial charge >= 0.3 is 5.97 Å². The number of fused-ring (bicyclic) bond motifs is 1. The lowest BCUT2D eigenvalue weighted by Gasteiger charge is -2.19. The summed E-state index contributed by atoms with van der Waals surface area (Å²) in [7, 11) is 0. The predicted octanol–water partition coefficient (Wildman–Crippen LogP) is 1.94. The number of halogens is 1. The van der Waals surface area contributed by atoms with Crippen molar-refractivity contribution in [3.05, 3.63) is 35.6 Å². The number of imide groups is 1. The summed E-state index contributed by atoms with van der Waals surface area (Å²) in [5.41, 5.74) is 0.714. The van der Waals surface area contributed by atoms with Gasteiger partial charge in [0.25, 0.3) is 5.91 Å². The van der Waals surface area contributed by atoms with Gasteiger partial charge in [0.15, 0.2) is 6.10 Å². The van der Waals surface area contributed by atoms with Crippen LogP contribution in [0.5, 0.6) is 0 Å². The molecule has 3 rings (SSSR count). The smallest absolute Gasteiger partial charge is 0.308 e. The number of likely N-dealkylation sites (tertiary alicyclic amines) is 1. The van der Waals surface area contributed by atoms with E-state index >= 15 is 0 Å². The van der Waals surface area contributed by atoms with Gasteiger partial charge in [0.1, 0.15) is 5.82 Å². The molecule has 0 spiro atoms. The standard InChI is InChI=1S/C21H25FN2O5/c1-13(19(26)23-12-14-6-8-15(22)9-7-14)29-18(25)10-11-24-20(27)16-4-2-3-5-17(16)21(24)28/h6-9,13,16-17H,2-5,10-12H2,1H3,(H,23,26)/t13-,16-,17+/m0/s1. The number of carbonyl (C=O) groups is 4. The quantitative estimate of drug-likeness (QED) is 0.554. The van der Waals surface area contributed by atoms with Crippen LogP contribution in [0.3, 0.4) is 0 Å². The van der Waals surface area contributed by atoms with Crippen LogP contribution < -0.4 is 5.32 Å². The summed E-state index contributed by atoms with van der Waals surface area (Å²) in [6, 6.07) is 5.69. The minimum atomic E-state index is -1.02. The monoisotopic (exact) mass is 404 g/mol. The number of rotatable bonds is 7. The van der Waals surface area contributed by atoms with Crippen LogP contribution in [0.4, 0.5) is 4.39 Å². The fourth-order valence-electron chi connectivity index (χ4n) is 3.90. The first-order chi connectivity index (χ1) is 13.9. The minimum absolute atomic E-state index is 0.0204. The molecule has 0 aromatic heterocycles. The number of hydrogen-bond acceptors (Lipinski definition) is 5. The van der Waals surface area contributed by atoms with Gasteiger partial charge < -0.3 is 10.1 Å². The van der Waals surface area contributed by atoms with Crippen LogP contribution in [0.25, 0.3) is 0 Å². The maximum atomic E-state index is 12.9. The van der Waals surface area contributed by atoms with Crippen LogP contribution in [0.2, 0.25) is 0 Å². The highest BCUT2D eigenvalue weighted by molar-refractivity contribution is 6.05. The van der Waals surface area contributed by atoms with E-state index in [1.165, 1.54) is 24.0 Å². The van der Waals surface area contributed by atoms with Gasteiger partial charge in [0, 0.05) is 13.1 Å². The van der Waals surface area contributed by atoms with E-state index in [9.17, 15) is 23.6 Å². The topological polar surface area (TPSA) is 92.8 Å². The van der Waals surface area contributed by atoms with Crippen LogP contribution in [-0.4, -0.2) is 41.2 Å². The lowest BCUT2D eigenvalue weighted by molar-refractivity contribution is -0.155. The lowest BCUT2D eigenvalue weighted by Crippen LogP contribution is -2.37. The third-order valence-corrected chi connectivity index (χ3v) is 5.53. The number of benzene rings is 1. The molecular weight excluding hydrogens is 379 g/mol. The van der Waals surface area contributed by atoms with E-state index in [4.69, 9.17) is 4.74 Å². The number of esters is 1. The lowest BCUT2D eigenvalue weighted by atomic mass is 9.81. The summed E-state index contributed by atoms with van der Waals surface area (Å²) in [6.45, 7) is 1.60. The van der Waals surface area contributed by atoms with E-state index in [2.05, 4.69) is 5.32 Å². The van der Waals surface area contributed by atoms with Gasteiger partial charge in [-0.2, -0.15) is 0 Å². The molecule has 1 aliphatic carbocycles. The first-order valence-corrected chi connectivity index (χ1v) is 9.93. The molecule has 3 amide bonds. The number of nitrogens with one attached hydrogen (secondary N) is 1. The molecule has 1 aliphatic heterocycles. The molecule has 156 valence electrons. The second kappa shape index (κ2) is 9.15. The number of carbonyl (C=O) groups excluding carboxylic acids is 4. The molecule has 1 N–H and O–H groups in total. The van der Waals surface area contributed by atoms with E-state index in [1.54, 1.807) is 12.1 Å². The predicted molar refractivity (Wildman–Crippen MR) is 101 cm³/mol. The van der Waals surface area contributed by atoms with Crippen molar-refractivity contribution < 1.29 is 28.3 Å². The van der Waals surface area contributed by atoms with Crippen LogP contribution in [0.15, 0.2) is 24.3 Å². The van der Waals surface area contributed by atoms with Crippen molar-refractivity contribution in [2.75, 3.05) is 6.54 Å². The Morgan fingerprint density at radius 3 is 2.31 bits per heavy atom. The first kappa shape index (κ1) is 21.0. The average molecular weight is 404 g/mol. The van der Waals surface area contributed by atoms with Gasteiger partial charge in [-0.25, -0.2) is 4.39 Å². The molecule has 7 nitrogen and oxygen atoms in total. The van der Waals surface area contributed by atoms with Gasteiger partial charge in [-0.3, -0.25) is 24.1 Å². The molecule has 1 aromatic rings. The highest BCUT2D eigenvalue weighted by Gasteiger charge is 2.47. The van der Waals surface area contributed by atoms with Crippen molar-refractivity contribution in [1.82, 2.24) is 10.2 Å². The second-order valence-corrected chi connectivity index (χ2v) is 7.55. The van der Waals surface area contributed by atoms with Gasteiger partial charge in [0.2, 0.25) is 11.8 Å². The zero-order valence-corrected chi connectivity index (χ0v) is 16.4. The van der Waals surface area contributed by atoms with E-state index in [0.717, 1.165) is 25.7 Å². The summed E-state index contributed by atoms with van der Waals surface area (Å²) >= 11 is 0. The fraction of sp³-hybridized carbons (Fsp3) is 0.524. The maximum Gasteiger partial charge on any atom is 0.308 e. The van der Waals surface area contributed by atoms with Gasteiger partial charge in [-0.1, -0.05) is 25.0 Å². The first-order valence-electron chi connectivity index (χ1n) is 9.93. The Balaban J connectivity index is 1.42. The highest BCUT2D eigenvalue weighted by atomic mass is 19.1. The van der Waals surface area contributed by atoms with Crippen molar-refractivity contribution in [3.63, 3.8) is 0 Å². The zero-order chi connectivity index (χ0) is 21.0. The molecule has 2 aliphatic rings. The molecule has 1 aromatic carbocycles. The van der Waals surface area contributed by atoms with Gasteiger partial charge in [0.05, 0.1) is 18.3 Å². The van der Waals surface area contributed by atoms with Crippen LogP contribution in [0.1, 0.15) is 44.6 Å². The number of hydrogen-bond donors (Lipinski definition) is 1. The normalized spacial score (nSPS) is 22.2. The largest absolute Gasteiger partial charge is 0.452 e. The highest BCUT2D eigenvalue weighted by Crippen LogP contribution is 2.37. The fourth-order valence-corrected chi connectivity index (χ4v) is 3.90. The molecule has 1 saturated carbocycles. The minimum Gasteiger partial charge on any atom is -0.452 e. The molecule has 0 radical (unpaired) electrons. The summed E-state index contributed by atoms with van der Waals surface area (Å²) in [5.74, 6) is -2.38. The molecule has 1 saturated heterocycles. The third-order valence-electron chi connectivity index (χ3n) is 5.53. The Morgan fingerprint density at radius 1 is 1.14 bits per heavy atom. The van der Waals surface area contributed by atoms with Crippen LogP contribution in [-0.2, 0) is 30.5 Å². The Morgan fingerprint density at radius 2 is 1.72 bits per heavy atom. The van der Waals surface area contributed by atoms with Crippen molar-refractivity contribution in [2.24, 2.45) is 11.8 Å². The molecular formula is C21H25FN2O5. The molecule has 3 atom stereocenters. The van der Waals surface area contributed by atoms with Gasteiger partial charge in [-0.15, -0.1) is 0 Å². The molecule has 2 fully saturated rings. The van der Waals surface area contributed by atoms with E-state index < -0.39 is 18.0 Å². The number of nitrogens with zero attached hydrogens (tertiary/aromatic N) is 1. The summed E-state index contributed by atoms with van der Waals surface area (Å²) < 4.78 is 18.0. The van der Waals surface area contributed by atoms with Gasteiger partial charge in [-0.05, 0) is 37.5 Å². The molecule has 29 heavy (non-hydrogen) atoms. The molecule has 1 heterocycles. The summed E-state index contributed by atoms with van der Waals surface area (Å²) in [5, 5.41) is 2.61. The van der Waals surface area contributed by atoms with E-state index in [1.807, 2.05) is 0 Å².